The Morgan fingerprint density at radius 3 is 2.38 bits per heavy atom. The Bertz CT molecular complexity index is 714. The van der Waals surface area contributed by atoms with Crippen LogP contribution in [0.25, 0.3) is 0 Å². The van der Waals surface area contributed by atoms with Crippen molar-refractivity contribution in [3.05, 3.63) is 51.8 Å². The molecule has 2 aromatic rings. The number of hydrogen-bond donors (Lipinski definition) is 0. The first kappa shape index (κ1) is 18.7. The molecule has 3 nitrogen and oxygen atoms in total. The van der Waals surface area contributed by atoms with Crippen LogP contribution in [0.5, 0.6) is 0 Å². The molecule has 0 radical (unpaired) electrons. The molecule has 0 N–H and O–H groups in total. The van der Waals surface area contributed by atoms with Crippen LogP contribution in [0.1, 0.15) is 61.4 Å². The minimum Gasteiger partial charge on any atom is -0.292 e. The van der Waals surface area contributed by atoms with E-state index < -0.39 is 6.80 Å². The Morgan fingerprint density at radius 2 is 1.88 bits per heavy atom. The molecule has 0 aliphatic heterocycles. The van der Waals surface area contributed by atoms with Gasteiger partial charge in [-0.15, -0.1) is 0 Å². The summed E-state index contributed by atoms with van der Waals surface area (Å²) in [5.41, 5.74) is 3.18. The molecule has 0 amide bonds. The van der Waals surface area contributed by atoms with E-state index in [0.29, 0.717) is 18.5 Å². The van der Waals surface area contributed by atoms with E-state index in [-0.39, 0.29) is 28.3 Å². The number of aryl methyl sites for hydroxylation is 2. The second kappa shape index (κ2) is 7.47. The number of alkyl halides is 1. The van der Waals surface area contributed by atoms with Crippen molar-refractivity contribution in [2.45, 2.75) is 59.2 Å². The summed E-state index contributed by atoms with van der Waals surface area (Å²) in [5.74, 6) is -0.176. The highest BCUT2D eigenvalue weighted by molar-refractivity contribution is 6.34. The van der Waals surface area contributed by atoms with Crippen molar-refractivity contribution in [1.29, 1.82) is 0 Å². The minimum atomic E-state index is -0.846. The van der Waals surface area contributed by atoms with Gasteiger partial charge in [-0.2, -0.15) is 5.10 Å². The van der Waals surface area contributed by atoms with Gasteiger partial charge >= 0.3 is 0 Å². The highest BCUT2D eigenvalue weighted by atomic mass is 35.5. The second-order valence-electron chi connectivity index (χ2n) is 6.95. The van der Waals surface area contributed by atoms with Crippen molar-refractivity contribution in [2.75, 3.05) is 0 Å². The quantitative estimate of drug-likeness (QED) is 0.677. The van der Waals surface area contributed by atoms with Gasteiger partial charge in [-0.3, -0.25) is 4.79 Å². The number of nitrogens with zero attached hydrogens (tertiary/aromatic N) is 2. The third kappa shape index (κ3) is 4.04. The highest BCUT2D eigenvalue weighted by Gasteiger charge is 2.21. The van der Waals surface area contributed by atoms with Gasteiger partial charge in [-0.05, 0) is 29.4 Å². The summed E-state index contributed by atoms with van der Waals surface area (Å²) in [7, 11) is 0. The Labute approximate surface area is 147 Å². The molecule has 0 aliphatic carbocycles. The summed E-state index contributed by atoms with van der Waals surface area (Å²) in [4.78, 5) is 12.5. The maximum atomic E-state index is 13.1. The van der Waals surface area contributed by atoms with E-state index in [9.17, 15) is 9.18 Å². The van der Waals surface area contributed by atoms with Crippen molar-refractivity contribution in [3.63, 3.8) is 0 Å². The van der Waals surface area contributed by atoms with Gasteiger partial charge in [0, 0.05) is 6.42 Å². The molecule has 0 fully saturated rings. The van der Waals surface area contributed by atoms with Gasteiger partial charge in [-0.25, -0.2) is 9.07 Å². The number of benzene rings is 1. The first-order valence-corrected chi connectivity index (χ1v) is 8.59. The lowest BCUT2D eigenvalue weighted by molar-refractivity contribution is 0.0968. The number of carbonyl (C=O) groups is 1. The average Bonchev–Trinajstić information content (AvgIpc) is 2.88. The lowest BCUT2D eigenvalue weighted by atomic mass is 9.86. The average molecular weight is 350 g/mol. The third-order valence-electron chi connectivity index (χ3n) is 4.13. The van der Waals surface area contributed by atoms with Crippen LogP contribution in [0.3, 0.4) is 0 Å². The number of ketones is 1. The molecule has 1 heterocycles. The smallest absolute Gasteiger partial charge is 0.182 e. The van der Waals surface area contributed by atoms with E-state index >= 15 is 0 Å². The van der Waals surface area contributed by atoms with Crippen LogP contribution in [0.15, 0.2) is 24.3 Å². The zero-order chi connectivity index (χ0) is 17.9. The van der Waals surface area contributed by atoms with Gasteiger partial charge in [-0.1, -0.05) is 63.6 Å². The fraction of sp³-hybridized carbons (Fsp3) is 0.474. The molecule has 1 aromatic carbocycles. The van der Waals surface area contributed by atoms with Crippen molar-refractivity contribution in [3.8, 4) is 0 Å². The van der Waals surface area contributed by atoms with Crippen molar-refractivity contribution in [1.82, 2.24) is 9.78 Å². The molecule has 0 saturated heterocycles. The molecule has 0 saturated carbocycles. The Hall–Kier alpha value is -1.68. The number of halogens is 2. The Balaban J connectivity index is 2.10. The van der Waals surface area contributed by atoms with Crippen molar-refractivity contribution >= 4 is 17.4 Å². The fourth-order valence-electron chi connectivity index (χ4n) is 2.62. The molecule has 2 rings (SSSR count). The van der Waals surface area contributed by atoms with Crippen LogP contribution in [-0.2, 0) is 25.1 Å². The number of rotatable bonds is 6. The molecule has 0 unspecified atom stereocenters. The van der Waals surface area contributed by atoms with Gasteiger partial charge in [0.1, 0.15) is 5.69 Å². The monoisotopic (exact) mass is 349 g/mol. The molecular weight excluding hydrogens is 326 g/mol. The number of carbonyl (C=O) groups excluding carboxylic acids is 1. The van der Waals surface area contributed by atoms with E-state index in [4.69, 9.17) is 11.6 Å². The lowest BCUT2D eigenvalue weighted by Gasteiger charge is -2.19. The van der Waals surface area contributed by atoms with E-state index in [0.717, 1.165) is 10.2 Å². The van der Waals surface area contributed by atoms with Crippen LogP contribution in [-0.4, -0.2) is 15.6 Å². The van der Waals surface area contributed by atoms with Crippen molar-refractivity contribution in [2.24, 2.45) is 0 Å². The predicted molar refractivity (Wildman–Crippen MR) is 95.5 cm³/mol. The SMILES string of the molecule is CCc1nn(C[18F])c(C(=O)CCc2ccc(C(C)(C)C)cc2)c1Cl. The topological polar surface area (TPSA) is 34.9 Å². The molecule has 24 heavy (non-hydrogen) atoms. The first-order valence-electron chi connectivity index (χ1n) is 8.21. The van der Waals surface area contributed by atoms with Gasteiger partial charge in [0.2, 0.25) is 0 Å². The van der Waals surface area contributed by atoms with Gasteiger partial charge < -0.3 is 0 Å². The van der Waals surface area contributed by atoms with Crippen LogP contribution in [0.4, 0.5) is 4.39 Å². The van der Waals surface area contributed by atoms with Gasteiger partial charge in [0.05, 0.1) is 10.7 Å². The molecule has 0 bridgehead atoms. The molecule has 0 spiro atoms. The fourth-order valence-corrected chi connectivity index (χ4v) is 2.99. The van der Waals surface area contributed by atoms with E-state index in [2.05, 4.69) is 38.0 Å². The third-order valence-corrected chi connectivity index (χ3v) is 4.53. The molecule has 0 aliphatic rings. The summed E-state index contributed by atoms with van der Waals surface area (Å²) in [6.07, 6.45) is 1.45. The largest absolute Gasteiger partial charge is 0.292 e. The van der Waals surface area contributed by atoms with Crippen molar-refractivity contribution < 1.29 is 9.18 Å². The first-order chi connectivity index (χ1) is 11.3. The zero-order valence-electron chi connectivity index (χ0n) is 14.7. The standard InChI is InChI=1S/C19H24ClFN2O/c1-5-15-17(20)18(23(12-21)22-15)16(24)11-8-13-6-9-14(10-7-13)19(2,3)4/h6-7,9-10H,5,8,11-12H2,1-4H3/i21-1. The number of aromatic nitrogens is 2. The number of Topliss-reactive ketones (excluding diaryl/α,β-unsaturated/α-hetero) is 1. The Kier molecular flexibility index (Phi) is 5.81. The molecule has 5 heteroatoms. The normalized spacial score (nSPS) is 11.8. The summed E-state index contributed by atoms with van der Waals surface area (Å²) >= 11 is 6.19. The van der Waals surface area contributed by atoms with Crippen LogP contribution >= 0.6 is 11.6 Å². The minimum absolute atomic E-state index is 0.103. The maximum Gasteiger partial charge on any atom is 0.182 e. The van der Waals surface area contributed by atoms with E-state index in [1.54, 1.807) is 0 Å². The van der Waals surface area contributed by atoms with Gasteiger partial charge in [0.25, 0.3) is 0 Å². The zero-order valence-corrected chi connectivity index (χ0v) is 15.5. The highest BCUT2D eigenvalue weighted by Crippen LogP contribution is 2.25. The summed E-state index contributed by atoms with van der Waals surface area (Å²) < 4.78 is 14.1. The molecule has 130 valence electrons. The second-order valence-corrected chi connectivity index (χ2v) is 7.33. The molecule has 0 atom stereocenters. The van der Waals surface area contributed by atoms with E-state index in [1.165, 1.54) is 5.56 Å². The summed E-state index contributed by atoms with van der Waals surface area (Å²) in [6, 6.07) is 8.26. The van der Waals surface area contributed by atoms with Gasteiger partial charge in [0.15, 0.2) is 12.6 Å². The summed E-state index contributed by atoms with van der Waals surface area (Å²) in [5, 5.41) is 4.33. The molecular formula is C19H24ClFN2O. The lowest BCUT2D eigenvalue weighted by Crippen LogP contribution is -2.11. The molecule has 1 aromatic heterocycles. The number of hydrogen-bond acceptors (Lipinski definition) is 2. The summed E-state index contributed by atoms with van der Waals surface area (Å²) in [6.45, 7) is 7.52. The van der Waals surface area contributed by atoms with E-state index in [1.807, 2.05) is 19.1 Å². The maximum absolute atomic E-state index is 13.1. The Morgan fingerprint density at radius 1 is 1.25 bits per heavy atom. The van der Waals surface area contributed by atoms with Crippen LogP contribution in [0.2, 0.25) is 5.02 Å². The van der Waals surface area contributed by atoms with Crippen LogP contribution in [0, 0.1) is 0 Å². The van der Waals surface area contributed by atoms with Crippen LogP contribution < -0.4 is 0 Å². The predicted octanol–water partition coefficient (Wildman–Crippen LogP) is 5.14.